The van der Waals surface area contributed by atoms with Crippen molar-refractivity contribution in [3.05, 3.63) is 41.2 Å². The number of hydrogen-bond acceptors (Lipinski definition) is 3. The third kappa shape index (κ3) is 4.75. The summed E-state index contributed by atoms with van der Waals surface area (Å²) < 4.78 is 41.6. The Kier molecular flexibility index (Phi) is 5.77. The molecule has 1 aromatic rings. The first-order valence-electron chi connectivity index (χ1n) is 10.4. The molecule has 0 bridgehead atoms. The summed E-state index contributed by atoms with van der Waals surface area (Å²) >= 11 is 0. The number of alkyl halides is 2. The average molecular weight is 435 g/mol. The first-order chi connectivity index (χ1) is 14.7. The highest BCUT2D eigenvalue weighted by atomic mass is 19.3. The highest BCUT2D eigenvalue weighted by Crippen LogP contribution is 2.35. The van der Waals surface area contributed by atoms with Gasteiger partial charge in [0, 0.05) is 31.5 Å². The number of hydrogen-bond donors (Lipinski definition) is 2. The monoisotopic (exact) mass is 435 g/mol. The predicted octanol–water partition coefficient (Wildman–Crippen LogP) is 3.10. The molecule has 3 amide bonds. The van der Waals surface area contributed by atoms with Gasteiger partial charge in [0.05, 0.1) is 18.5 Å². The molecule has 9 heteroatoms. The summed E-state index contributed by atoms with van der Waals surface area (Å²) in [6, 6.07) is 2.95. The molecule has 6 nitrogen and oxygen atoms in total. The maximum atomic E-state index is 14.1. The van der Waals surface area contributed by atoms with Gasteiger partial charge in [-0.3, -0.25) is 14.4 Å². The first kappa shape index (κ1) is 21.4. The molecule has 1 aromatic carbocycles. The van der Waals surface area contributed by atoms with E-state index < -0.39 is 48.5 Å². The van der Waals surface area contributed by atoms with Gasteiger partial charge in [0.25, 0.3) is 5.92 Å². The van der Waals surface area contributed by atoms with E-state index in [1.54, 1.807) is 0 Å². The van der Waals surface area contributed by atoms with Gasteiger partial charge >= 0.3 is 0 Å². The van der Waals surface area contributed by atoms with Crippen LogP contribution in [0.1, 0.15) is 50.0 Å². The number of likely N-dealkylation sites (tertiary alicyclic amines) is 1. The van der Waals surface area contributed by atoms with Crippen LogP contribution in [0.4, 0.5) is 18.9 Å². The average Bonchev–Trinajstić information content (AvgIpc) is 3.31. The van der Waals surface area contributed by atoms with Crippen molar-refractivity contribution in [3.8, 4) is 0 Å². The molecule has 0 saturated carbocycles. The van der Waals surface area contributed by atoms with E-state index in [9.17, 15) is 27.6 Å². The van der Waals surface area contributed by atoms with Crippen molar-refractivity contribution < 1.29 is 27.6 Å². The van der Waals surface area contributed by atoms with Crippen LogP contribution >= 0.6 is 0 Å². The lowest BCUT2D eigenvalue weighted by Gasteiger charge is -2.27. The lowest BCUT2D eigenvalue weighted by Crippen LogP contribution is -2.45. The Morgan fingerprint density at radius 2 is 2.10 bits per heavy atom. The molecule has 2 heterocycles. The second-order valence-corrected chi connectivity index (χ2v) is 8.45. The van der Waals surface area contributed by atoms with Crippen molar-refractivity contribution in [3.63, 3.8) is 0 Å². The minimum Gasteiger partial charge on any atom is -0.353 e. The number of halogens is 3. The Labute approximate surface area is 177 Å². The Balaban J connectivity index is 1.43. The zero-order valence-electron chi connectivity index (χ0n) is 16.9. The number of nitrogens with zero attached hydrogens (tertiary/aromatic N) is 1. The fourth-order valence-electron chi connectivity index (χ4n) is 4.58. The maximum absolute atomic E-state index is 14.1. The number of anilines is 1. The molecule has 2 aliphatic heterocycles. The number of benzene rings is 1. The summed E-state index contributed by atoms with van der Waals surface area (Å²) in [6.45, 7) is -0.790. The van der Waals surface area contributed by atoms with Crippen molar-refractivity contribution in [1.29, 1.82) is 0 Å². The molecular weight excluding hydrogens is 411 g/mol. The fraction of sp³-hybridized carbons (Fsp3) is 0.500. The Morgan fingerprint density at radius 1 is 1.29 bits per heavy atom. The smallest absolute Gasteiger partial charge is 0.267 e. The number of carbonyl (C=O) groups is 3. The van der Waals surface area contributed by atoms with Crippen molar-refractivity contribution >= 4 is 23.4 Å². The normalized spacial score (nSPS) is 24.4. The quantitative estimate of drug-likeness (QED) is 0.698. The minimum absolute atomic E-state index is 0.123. The van der Waals surface area contributed by atoms with Crippen LogP contribution in [-0.2, 0) is 14.4 Å². The van der Waals surface area contributed by atoms with Gasteiger partial charge in [-0.15, -0.1) is 0 Å². The van der Waals surface area contributed by atoms with Gasteiger partial charge in [-0.2, -0.15) is 0 Å². The summed E-state index contributed by atoms with van der Waals surface area (Å²) in [5.41, 5.74) is 1.67. The standard InChI is InChI=1S/C22H24F3N3O3/c23-14-5-6-16-17(9-19(29)27-18(16)8-14)21(31)26-11-15-10-22(24,25)12-28(15)20(30)7-13-3-1-2-4-13/h3,5-6,8,15,17H,1-2,4,7,9-12H2,(H,26,31)(H,27,29)/t15-,17?/m0/s1. The second-order valence-electron chi connectivity index (χ2n) is 8.45. The van der Waals surface area contributed by atoms with Crippen molar-refractivity contribution in [2.75, 3.05) is 18.4 Å². The van der Waals surface area contributed by atoms with Gasteiger partial charge in [0.1, 0.15) is 5.82 Å². The Bertz CT molecular complexity index is 947. The largest absolute Gasteiger partial charge is 0.353 e. The van der Waals surface area contributed by atoms with Crippen molar-refractivity contribution in [1.82, 2.24) is 10.2 Å². The van der Waals surface area contributed by atoms with E-state index in [0.717, 1.165) is 35.8 Å². The van der Waals surface area contributed by atoms with Crippen LogP contribution in [-0.4, -0.2) is 47.7 Å². The fourth-order valence-corrected chi connectivity index (χ4v) is 4.58. The summed E-state index contributed by atoms with van der Waals surface area (Å²) in [5.74, 6) is -5.69. The van der Waals surface area contributed by atoms with Crippen LogP contribution in [0.2, 0.25) is 0 Å². The molecule has 1 aliphatic carbocycles. The van der Waals surface area contributed by atoms with Crippen LogP contribution in [0.25, 0.3) is 0 Å². The molecule has 2 atom stereocenters. The van der Waals surface area contributed by atoms with Crippen LogP contribution in [0.3, 0.4) is 0 Å². The molecule has 3 aliphatic rings. The van der Waals surface area contributed by atoms with E-state index in [4.69, 9.17) is 0 Å². The summed E-state index contributed by atoms with van der Waals surface area (Å²) in [5, 5.41) is 5.17. The summed E-state index contributed by atoms with van der Waals surface area (Å²) in [4.78, 5) is 38.5. The van der Waals surface area contributed by atoms with Crippen LogP contribution in [0.5, 0.6) is 0 Å². The molecule has 0 radical (unpaired) electrons. The Morgan fingerprint density at radius 3 is 2.84 bits per heavy atom. The summed E-state index contributed by atoms with van der Waals surface area (Å²) in [7, 11) is 0. The number of carbonyl (C=O) groups excluding carboxylic acids is 3. The van der Waals surface area contributed by atoms with Crippen molar-refractivity contribution in [2.24, 2.45) is 0 Å². The third-order valence-corrected chi connectivity index (χ3v) is 6.09. The van der Waals surface area contributed by atoms with Crippen LogP contribution in [0, 0.1) is 5.82 Å². The molecule has 1 unspecified atom stereocenters. The molecule has 0 aromatic heterocycles. The Hall–Kier alpha value is -2.84. The van der Waals surface area contributed by atoms with Crippen molar-refractivity contribution in [2.45, 2.75) is 56.4 Å². The van der Waals surface area contributed by atoms with Gasteiger partial charge in [-0.05, 0) is 37.0 Å². The minimum atomic E-state index is -3.01. The molecule has 166 valence electrons. The third-order valence-electron chi connectivity index (χ3n) is 6.09. The highest BCUT2D eigenvalue weighted by molar-refractivity contribution is 6.01. The zero-order chi connectivity index (χ0) is 22.2. The predicted molar refractivity (Wildman–Crippen MR) is 107 cm³/mol. The number of amides is 3. The van der Waals surface area contributed by atoms with E-state index in [2.05, 4.69) is 10.6 Å². The molecule has 31 heavy (non-hydrogen) atoms. The van der Waals surface area contributed by atoms with Gasteiger partial charge in [-0.25, -0.2) is 13.2 Å². The zero-order valence-corrected chi connectivity index (χ0v) is 16.9. The molecule has 0 spiro atoms. The summed E-state index contributed by atoms with van der Waals surface area (Å²) in [6.07, 6.45) is 4.14. The first-order valence-corrected chi connectivity index (χ1v) is 10.4. The van der Waals surface area contributed by atoms with Gasteiger partial charge < -0.3 is 15.5 Å². The van der Waals surface area contributed by atoms with E-state index in [1.807, 2.05) is 6.08 Å². The van der Waals surface area contributed by atoms with Crippen LogP contribution in [0.15, 0.2) is 29.8 Å². The molecule has 2 N–H and O–H groups in total. The number of fused-ring (bicyclic) bond motifs is 1. The van der Waals surface area contributed by atoms with E-state index in [0.29, 0.717) is 5.56 Å². The highest BCUT2D eigenvalue weighted by Gasteiger charge is 2.47. The second kappa shape index (κ2) is 8.36. The maximum Gasteiger partial charge on any atom is 0.267 e. The number of nitrogens with one attached hydrogen (secondary N) is 2. The molecular formula is C22H24F3N3O3. The molecule has 1 fully saturated rings. The SMILES string of the molecule is O=C1CC(C(=O)NC[C@@H]2CC(F)(F)CN2C(=O)CC2=CCCC2)c2ccc(F)cc2N1. The molecule has 4 rings (SSSR count). The van der Waals surface area contributed by atoms with Gasteiger partial charge in [0.2, 0.25) is 17.7 Å². The number of allylic oxidation sites excluding steroid dienone is 1. The lowest BCUT2D eigenvalue weighted by molar-refractivity contribution is -0.133. The molecule has 1 saturated heterocycles. The van der Waals surface area contributed by atoms with Crippen LogP contribution < -0.4 is 10.6 Å². The van der Waals surface area contributed by atoms with E-state index in [-0.39, 0.29) is 31.0 Å². The van der Waals surface area contributed by atoms with E-state index >= 15 is 0 Å². The number of rotatable bonds is 5. The van der Waals surface area contributed by atoms with Gasteiger partial charge in [-0.1, -0.05) is 17.7 Å². The lowest BCUT2D eigenvalue weighted by atomic mass is 9.89. The van der Waals surface area contributed by atoms with Gasteiger partial charge in [0.15, 0.2) is 0 Å². The van der Waals surface area contributed by atoms with E-state index in [1.165, 1.54) is 12.1 Å². The topological polar surface area (TPSA) is 78.5 Å².